The largest absolute Gasteiger partial charge is 0.308 e. The minimum atomic E-state index is -3.90. The Morgan fingerprint density at radius 2 is 1.81 bits per heavy atom. The Morgan fingerprint density at radius 3 is 2.52 bits per heavy atom. The second kappa shape index (κ2) is 6.41. The van der Waals surface area contributed by atoms with Gasteiger partial charge in [0.25, 0.3) is 15.9 Å². The van der Waals surface area contributed by atoms with Crippen molar-refractivity contribution in [3.8, 4) is 0 Å². The third-order valence-electron chi connectivity index (χ3n) is 4.52. The molecule has 0 saturated heterocycles. The van der Waals surface area contributed by atoms with Crippen LogP contribution < -0.4 is 9.62 Å². The highest BCUT2D eigenvalue weighted by Crippen LogP contribution is 2.40. The molecule has 0 spiro atoms. The molecule has 0 radical (unpaired) electrons. The Hall–Kier alpha value is -2.28. The van der Waals surface area contributed by atoms with Crippen LogP contribution in [0.3, 0.4) is 0 Å². The Kier molecular flexibility index (Phi) is 4.29. The third kappa shape index (κ3) is 2.84. The maximum atomic E-state index is 13.0. The summed E-state index contributed by atoms with van der Waals surface area (Å²) < 4.78 is 28.5. The molecule has 0 atom stereocenters. The van der Waals surface area contributed by atoms with E-state index in [4.69, 9.17) is 23.2 Å². The van der Waals surface area contributed by atoms with Gasteiger partial charge in [0.1, 0.15) is 0 Å². The van der Waals surface area contributed by atoms with E-state index in [-0.39, 0.29) is 15.8 Å². The van der Waals surface area contributed by atoms with Crippen molar-refractivity contribution >= 4 is 61.3 Å². The van der Waals surface area contributed by atoms with Gasteiger partial charge in [0, 0.05) is 22.9 Å². The van der Waals surface area contributed by atoms with Gasteiger partial charge in [-0.3, -0.25) is 9.52 Å². The van der Waals surface area contributed by atoms with Crippen LogP contribution in [0, 0.1) is 0 Å². The molecule has 0 saturated carbocycles. The van der Waals surface area contributed by atoms with Crippen LogP contribution in [0.25, 0.3) is 10.8 Å². The van der Waals surface area contributed by atoms with Crippen molar-refractivity contribution in [2.75, 3.05) is 16.2 Å². The minimum Gasteiger partial charge on any atom is -0.308 e. The van der Waals surface area contributed by atoms with Gasteiger partial charge in [0.15, 0.2) is 0 Å². The van der Waals surface area contributed by atoms with Crippen molar-refractivity contribution in [1.82, 2.24) is 0 Å². The van der Waals surface area contributed by atoms with Gasteiger partial charge in [-0.2, -0.15) is 0 Å². The molecule has 0 fully saturated rings. The number of hydrogen-bond acceptors (Lipinski definition) is 3. The van der Waals surface area contributed by atoms with Crippen molar-refractivity contribution in [3.05, 3.63) is 64.1 Å². The molecule has 1 amide bonds. The molecule has 0 aliphatic carbocycles. The monoisotopic (exact) mass is 420 g/mol. The normalized spacial score (nSPS) is 13.4. The highest BCUT2D eigenvalue weighted by Gasteiger charge is 2.31. The number of rotatable bonds is 4. The summed E-state index contributed by atoms with van der Waals surface area (Å²) >= 11 is 11.9. The van der Waals surface area contributed by atoms with Crippen molar-refractivity contribution in [3.63, 3.8) is 0 Å². The lowest BCUT2D eigenvalue weighted by Gasteiger charge is -2.16. The molecule has 4 rings (SSSR count). The molecular weight excluding hydrogens is 407 g/mol. The summed E-state index contributed by atoms with van der Waals surface area (Å²) in [5.41, 5.74) is 1.54. The number of carbonyl (C=O) groups excluding carboxylic acids is 1. The number of amides is 1. The highest BCUT2D eigenvalue weighted by atomic mass is 35.5. The van der Waals surface area contributed by atoms with Gasteiger partial charge in [-0.05, 0) is 43.3 Å². The van der Waals surface area contributed by atoms with Crippen LogP contribution in [0.2, 0.25) is 10.0 Å². The maximum absolute atomic E-state index is 13.0. The zero-order valence-corrected chi connectivity index (χ0v) is 16.5. The van der Waals surface area contributed by atoms with Gasteiger partial charge in [-0.25, -0.2) is 8.42 Å². The van der Waals surface area contributed by atoms with E-state index in [1.165, 1.54) is 24.3 Å². The van der Waals surface area contributed by atoms with Crippen LogP contribution in [0.15, 0.2) is 53.4 Å². The maximum Gasteiger partial charge on any atom is 0.262 e. The number of hydrogen-bond donors (Lipinski definition) is 1. The number of halogens is 2. The van der Waals surface area contributed by atoms with E-state index in [0.717, 1.165) is 5.69 Å². The summed E-state index contributed by atoms with van der Waals surface area (Å²) in [5.74, 6) is -0.120. The topological polar surface area (TPSA) is 66.5 Å². The van der Waals surface area contributed by atoms with E-state index in [1.54, 1.807) is 29.2 Å². The number of nitrogens with one attached hydrogen (secondary N) is 1. The Morgan fingerprint density at radius 1 is 1.04 bits per heavy atom. The summed E-state index contributed by atoms with van der Waals surface area (Å²) in [4.78, 5) is 14.3. The molecule has 1 aliphatic rings. The highest BCUT2D eigenvalue weighted by molar-refractivity contribution is 7.93. The fourth-order valence-electron chi connectivity index (χ4n) is 3.34. The van der Waals surface area contributed by atoms with E-state index >= 15 is 0 Å². The molecule has 3 aromatic carbocycles. The van der Waals surface area contributed by atoms with E-state index in [0.29, 0.717) is 33.6 Å². The third-order valence-corrected chi connectivity index (χ3v) is 6.70. The van der Waals surface area contributed by atoms with Crippen LogP contribution >= 0.6 is 23.2 Å². The molecule has 0 aromatic heterocycles. The number of benzene rings is 3. The summed E-state index contributed by atoms with van der Waals surface area (Å²) in [7, 11) is -3.90. The van der Waals surface area contributed by atoms with Crippen LogP contribution in [0.4, 0.5) is 11.4 Å². The van der Waals surface area contributed by atoms with Gasteiger partial charge < -0.3 is 4.90 Å². The van der Waals surface area contributed by atoms with Crippen molar-refractivity contribution in [1.29, 1.82) is 0 Å². The van der Waals surface area contributed by atoms with Crippen LogP contribution in [0.1, 0.15) is 17.3 Å². The van der Waals surface area contributed by atoms with Crippen LogP contribution in [0.5, 0.6) is 0 Å². The minimum absolute atomic E-state index is 0.0972. The van der Waals surface area contributed by atoms with Gasteiger partial charge >= 0.3 is 0 Å². The first-order valence-electron chi connectivity index (χ1n) is 8.19. The van der Waals surface area contributed by atoms with Gasteiger partial charge in [-0.15, -0.1) is 0 Å². The number of nitrogens with zero attached hydrogens (tertiary/aromatic N) is 1. The SMILES string of the molecule is CCN1C(=O)c2cccc3c(S(=O)(=O)Nc4ccc(Cl)c(Cl)c4)ccc1c23. The Labute approximate surface area is 166 Å². The molecule has 0 bridgehead atoms. The molecule has 3 aromatic rings. The van der Waals surface area contributed by atoms with Crippen molar-refractivity contribution in [2.45, 2.75) is 11.8 Å². The lowest BCUT2D eigenvalue weighted by molar-refractivity contribution is 0.0994. The molecule has 1 heterocycles. The summed E-state index contributed by atoms with van der Waals surface area (Å²) in [6.45, 7) is 2.39. The van der Waals surface area contributed by atoms with Gasteiger partial charge in [0.05, 0.1) is 26.3 Å². The fraction of sp³-hybridized carbons (Fsp3) is 0.105. The molecular formula is C19H14Cl2N2O3S. The summed E-state index contributed by atoms with van der Waals surface area (Å²) in [5, 5.41) is 1.74. The average molecular weight is 421 g/mol. The van der Waals surface area contributed by atoms with E-state index in [2.05, 4.69) is 4.72 Å². The summed E-state index contributed by atoms with van der Waals surface area (Å²) in [6.07, 6.45) is 0. The Balaban J connectivity index is 1.86. The first-order valence-corrected chi connectivity index (χ1v) is 10.4. The van der Waals surface area contributed by atoms with Crippen molar-refractivity contribution < 1.29 is 13.2 Å². The van der Waals surface area contributed by atoms with Gasteiger partial charge in [0.2, 0.25) is 0 Å². The van der Waals surface area contributed by atoms with E-state index in [1.807, 2.05) is 6.92 Å². The zero-order valence-electron chi connectivity index (χ0n) is 14.2. The lowest BCUT2D eigenvalue weighted by atomic mass is 10.1. The molecule has 1 aliphatic heterocycles. The first kappa shape index (κ1) is 18.1. The average Bonchev–Trinajstić information content (AvgIpc) is 2.91. The quantitative estimate of drug-likeness (QED) is 0.650. The molecule has 138 valence electrons. The molecule has 1 N–H and O–H groups in total. The fourth-order valence-corrected chi connectivity index (χ4v) is 4.89. The van der Waals surface area contributed by atoms with Gasteiger partial charge in [-0.1, -0.05) is 35.3 Å². The molecule has 0 unspecified atom stereocenters. The Bertz CT molecular complexity index is 1210. The lowest BCUT2D eigenvalue weighted by Crippen LogP contribution is -2.25. The van der Waals surface area contributed by atoms with Crippen LogP contribution in [-0.2, 0) is 10.0 Å². The molecule has 5 nitrogen and oxygen atoms in total. The number of anilines is 2. The first-order chi connectivity index (χ1) is 12.8. The predicted molar refractivity (Wildman–Crippen MR) is 109 cm³/mol. The molecule has 27 heavy (non-hydrogen) atoms. The summed E-state index contributed by atoms with van der Waals surface area (Å²) in [6, 6.07) is 12.8. The van der Waals surface area contributed by atoms with Crippen LogP contribution in [-0.4, -0.2) is 20.9 Å². The second-order valence-corrected chi connectivity index (χ2v) is 8.56. The zero-order chi connectivity index (χ0) is 19.3. The standard InChI is InChI=1S/C19H14Cl2N2O3S/c1-2-23-16-8-9-17(12-4-3-5-13(18(12)16)19(23)24)27(25,26)22-11-6-7-14(20)15(21)10-11/h3-10,22H,2H2,1H3. The smallest absolute Gasteiger partial charge is 0.262 e. The van der Waals surface area contributed by atoms with E-state index < -0.39 is 10.0 Å². The number of carbonyl (C=O) groups is 1. The van der Waals surface area contributed by atoms with E-state index in [9.17, 15) is 13.2 Å². The van der Waals surface area contributed by atoms with Crippen molar-refractivity contribution in [2.24, 2.45) is 0 Å². The number of sulfonamides is 1. The second-order valence-electron chi connectivity index (χ2n) is 6.09. The molecule has 8 heteroatoms. The predicted octanol–water partition coefficient (Wildman–Crippen LogP) is 4.93.